The first-order chi connectivity index (χ1) is 16.2. The van der Waals surface area contributed by atoms with Crippen molar-refractivity contribution in [1.29, 1.82) is 0 Å². The van der Waals surface area contributed by atoms with Gasteiger partial charge in [-0.1, -0.05) is 57.0 Å². The lowest BCUT2D eigenvalue weighted by Gasteiger charge is -2.38. The number of esters is 1. The maximum absolute atomic E-state index is 13.1. The summed E-state index contributed by atoms with van der Waals surface area (Å²) in [6.07, 6.45) is 5.72. The van der Waals surface area contributed by atoms with Gasteiger partial charge in [0, 0.05) is 17.5 Å². The fourth-order valence-corrected chi connectivity index (χ4v) is 6.32. The molecular weight excluding hydrogens is 450 g/mol. The summed E-state index contributed by atoms with van der Waals surface area (Å²) in [7, 11) is -3.69. The Bertz CT molecular complexity index is 1180. The van der Waals surface area contributed by atoms with Crippen molar-refractivity contribution in [2.75, 3.05) is 4.72 Å². The van der Waals surface area contributed by atoms with E-state index < -0.39 is 27.0 Å². The van der Waals surface area contributed by atoms with Crippen molar-refractivity contribution >= 4 is 21.7 Å². The number of nitrogens with one attached hydrogen (secondary N) is 1. The number of carbonyl (C=O) groups excluding carboxylic acids is 1. The first-order valence-corrected chi connectivity index (χ1v) is 13.5. The summed E-state index contributed by atoms with van der Waals surface area (Å²) in [6.45, 7) is 4.12. The van der Waals surface area contributed by atoms with E-state index in [-0.39, 0.29) is 10.7 Å². The minimum Gasteiger partial charge on any atom is -0.512 e. The maximum Gasteiger partial charge on any atom is 0.338 e. The summed E-state index contributed by atoms with van der Waals surface area (Å²) in [4.78, 5) is 13.3. The van der Waals surface area contributed by atoms with Crippen LogP contribution in [0.15, 0.2) is 70.8 Å². The molecule has 0 saturated heterocycles. The Morgan fingerprint density at radius 3 is 2.26 bits per heavy atom. The largest absolute Gasteiger partial charge is 0.512 e. The minimum absolute atomic E-state index is 0.164. The average molecular weight is 484 g/mol. The second-order valence-corrected chi connectivity index (χ2v) is 11.3. The number of rotatable bonds is 10. The predicted molar refractivity (Wildman–Crippen MR) is 132 cm³/mol. The van der Waals surface area contributed by atoms with E-state index in [2.05, 4.69) is 18.6 Å². The lowest BCUT2D eigenvalue weighted by atomic mass is 9.80. The molecule has 0 atom stereocenters. The Balaban J connectivity index is 1.55. The molecule has 0 bridgehead atoms. The average Bonchev–Trinajstić information content (AvgIpc) is 3.53. The topological polar surface area (TPSA) is 92.7 Å². The highest BCUT2D eigenvalue weighted by Gasteiger charge is 2.54. The van der Waals surface area contributed by atoms with Crippen molar-refractivity contribution in [1.82, 2.24) is 0 Å². The molecule has 7 heteroatoms. The Labute approximate surface area is 202 Å². The molecule has 0 unspecified atom stereocenters. The number of benzene rings is 2. The van der Waals surface area contributed by atoms with Gasteiger partial charge in [-0.05, 0) is 61.9 Å². The number of sulfonamides is 1. The number of carbonyl (C=O) groups is 1. The van der Waals surface area contributed by atoms with E-state index in [1.807, 2.05) is 6.07 Å². The molecule has 0 radical (unpaired) electrons. The number of anilines is 1. The number of aliphatic hydroxyl groups is 1. The molecule has 0 aromatic heterocycles. The Kier molecular flexibility index (Phi) is 6.76. The standard InChI is InChI=1S/C27H33NO5S/c1-3-13-27(14-4-2)19-23(29)24(25(30)33-27)26(15-16-26)18-20-9-8-10-21(17-20)28-34(31,32)22-11-6-5-7-12-22/h5-12,17,28-29H,3-4,13-16,18-19H2,1-2H3. The van der Waals surface area contributed by atoms with Gasteiger partial charge in [-0.2, -0.15) is 0 Å². The molecule has 1 aliphatic heterocycles. The molecule has 1 aliphatic carbocycles. The summed E-state index contributed by atoms with van der Waals surface area (Å²) < 4.78 is 34.0. The van der Waals surface area contributed by atoms with Crippen molar-refractivity contribution in [3.8, 4) is 0 Å². The molecule has 6 nitrogen and oxygen atoms in total. The normalized spacial score (nSPS) is 18.9. The zero-order valence-corrected chi connectivity index (χ0v) is 20.7. The predicted octanol–water partition coefficient (Wildman–Crippen LogP) is 5.91. The molecule has 2 aliphatic rings. The molecule has 182 valence electrons. The number of hydrogen-bond acceptors (Lipinski definition) is 5. The summed E-state index contributed by atoms with van der Waals surface area (Å²) in [5.41, 5.74) is 0.706. The van der Waals surface area contributed by atoms with Gasteiger partial charge in [0.15, 0.2) is 0 Å². The van der Waals surface area contributed by atoms with E-state index >= 15 is 0 Å². The Hall–Kier alpha value is -2.80. The van der Waals surface area contributed by atoms with Crippen LogP contribution in [-0.2, 0) is 26.0 Å². The third-order valence-corrected chi connectivity index (χ3v) is 8.26. The maximum atomic E-state index is 13.1. The molecule has 1 fully saturated rings. The lowest BCUT2D eigenvalue weighted by molar-refractivity contribution is -0.162. The molecule has 1 heterocycles. The number of cyclic esters (lactones) is 1. The number of hydrogen-bond donors (Lipinski definition) is 2. The highest BCUT2D eigenvalue weighted by molar-refractivity contribution is 7.92. The van der Waals surface area contributed by atoms with Crippen LogP contribution < -0.4 is 4.72 Å². The van der Waals surface area contributed by atoms with Gasteiger partial charge in [0.05, 0.1) is 10.5 Å². The fourth-order valence-electron chi connectivity index (χ4n) is 5.25. The monoisotopic (exact) mass is 483 g/mol. The van der Waals surface area contributed by atoms with Crippen molar-refractivity contribution in [3.63, 3.8) is 0 Å². The molecule has 0 amide bonds. The van der Waals surface area contributed by atoms with Crippen molar-refractivity contribution in [2.24, 2.45) is 5.41 Å². The van der Waals surface area contributed by atoms with Crippen LogP contribution in [0.25, 0.3) is 0 Å². The molecule has 1 saturated carbocycles. The lowest BCUT2D eigenvalue weighted by Crippen LogP contribution is -2.42. The molecular formula is C27H33NO5S. The minimum atomic E-state index is -3.69. The zero-order chi connectivity index (χ0) is 24.4. The first kappa shape index (κ1) is 24.3. The van der Waals surface area contributed by atoms with Gasteiger partial charge in [0.25, 0.3) is 10.0 Å². The van der Waals surface area contributed by atoms with E-state index in [0.29, 0.717) is 24.1 Å². The Morgan fingerprint density at radius 1 is 1.00 bits per heavy atom. The van der Waals surface area contributed by atoms with Crippen LogP contribution in [0.3, 0.4) is 0 Å². The summed E-state index contributed by atoms with van der Waals surface area (Å²) in [5.74, 6) is -0.235. The van der Waals surface area contributed by atoms with E-state index in [1.54, 1.807) is 48.5 Å². The van der Waals surface area contributed by atoms with Crippen LogP contribution in [0.2, 0.25) is 0 Å². The van der Waals surface area contributed by atoms with Gasteiger partial charge < -0.3 is 9.84 Å². The second-order valence-electron chi connectivity index (χ2n) is 9.65. The van der Waals surface area contributed by atoms with Crippen LogP contribution in [0.1, 0.15) is 64.4 Å². The molecule has 4 rings (SSSR count). The summed E-state index contributed by atoms with van der Waals surface area (Å²) in [6, 6.07) is 15.5. The van der Waals surface area contributed by atoms with Crippen LogP contribution in [-0.4, -0.2) is 25.1 Å². The van der Waals surface area contributed by atoms with Crippen LogP contribution in [0.5, 0.6) is 0 Å². The second kappa shape index (κ2) is 9.45. The van der Waals surface area contributed by atoms with Crippen molar-refractivity contribution < 1.29 is 23.1 Å². The zero-order valence-electron chi connectivity index (χ0n) is 19.8. The fraction of sp³-hybridized carbons (Fsp3) is 0.444. The highest BCUT2D eigenvalue weighted by atomic mass is 32.2. The highest BCUT2D eigenvalue weighted by Crippen LogP contribution is 2.57. The quantitative estimate of drug-likeness (QED) is 0.410. The van der Waals surface area contributed by atoms with Crippen LogP contribution >= 0.6 is 0 Å². The van der Waals surface area contributed by atoms with Crippen LogP contribution in [0, 0.1) is 5.41 Å². The smallest absolute Gasteiger partial charge is 0.338 e. The van der Waals surface area contributed by atoms with Crippen molar-refractivity contribution in [2.45, 2.75) is 75.7 Å². The number of aliphatic hydroxyl groups excluding tert-OH is 1. The molecule has 2 N–H and O–H groups in total. The first-order valence-electron chi connectivity index (χ1n) is 12.1. The third kappa shape index (κ3) is 4.99. The van der Waals surface area contributed by atoms with Gasteiger partial charge in [-0.15, -0.1) is 0 Å². The van der Waals surface area contributed by atoms with E-state index in [1.165, 1.54) is 0 Å². The van der Waals surface area contributed by atoms with Gasteiger partial charge in [0.1, 0.15) is 11.4 Å². The van der Waals surface area contributed by atoms with Gasteiger partial charge in [-0.3, -0.25) is 4.72 Å². The molecule has 34 heavy (non-hydrogen) atoms. The van der Waals surface area contributed by atoms with E-state index in [9.17, 15) is 18.3 Å². The van der Waals surface area contributed by atoms with Gasteiger partial charge in [0.2, 0.25) is 0 Å². The van der Waals surface area contributed by atoms with Crippen LogP contribution in [0.4, 0.5) is 5.69 Å². The number of ether oxygens (including phenoxy) is 1. The van der Waals surface area contributed by atoms with E-state index in [4.69, 9.17) is 4.74 Å². The van der Waals surface area contributed by atoms with Gasteiger partial charge >= 0.3 is 5.97 Å². The molecule has 2 aromatic carbocycles. The third-order valence-electron chi connectivity index (χ3n) is 6.86. The molecule has 2 aromatic rings. The van der Waals surface area contributed by atoms with E-state index in [0.717, 1.165) is 44.1 Å². The molecule has 0 spiro atoms. The Morgan fingerprint density at radius 2 is 1.68 bits per heavy atom. The summed E-state index contributed by atoms with van der Waals surface area (Å²) >= 11 is 0. The van der Waals surface area contributed by atoms with Gasteiger partial charge in [-0.25, -0.2) is 13.2 Å². The summed E-state index contributed by atoms with van der Waals surface area (Å²) in [5, 5.41) is 11.0. The van der Waals surface area contributed by atoms with Crippen molar-refractivity contribution in [3.05, 3.63) is 71.5 Å². The SMILES string of the molecule is CCCC1(CCC)CC(O)=C(C2(Cc3cccc(NS(=O)(=O)c4ccccc4)c3)CC2)C(=O)O1.